The molecule has 0 radical (unpaired) electrons. The first kappa shape index (κ1) is 56.4. The maximum absolute atomic E-state index is 15.1. The number of benzene rings is 4. The third kappa shape index (κ3) is 13.6. The first-order valence-electron chi connectivity index (χ1n) is 26.6. The number of fused-ring (bicyclic) bond motifs is 2. The SMILES string of the molecule is NC(=O)CC[C@H](NC(=O)[C@@H]1CC[C@@H]2CCN(CC3CCN(Cc4ccc(NC5CCC(=O)NC5=O)cc4)CC3)C[C@H](NC(=O)c3cc4cc(C(F)(F)P(=O)(O)O)ccc4[nH]3)C(=O)N21)C(=O)NC(c1ccccc1)c1ccccc1. The first-order valence-corrected chi connectivity index (χ1v) is 28.2. The number of rotatable bonds is 19. The molecule has 0 aliphatic carbocycles. The Labute approximate surface area is 454 Å². The highest BCUT2D eigenvalue weighted by Crippen LogP contribution is 2.59. The largest absolute Gasteiger partial charge is 0.399 e. The molecule has 0 spiro atoms. The normalized spacial score (nSPS) is 21.2. The molecule has 1 aromatic heterocycles. The van der Waals surface area contributed by atoms with Crippen LogP contribution >= 0.6 is 7.60 Å². The minimum atomic E-state index is -5.90. The third-order valence-corrected chi connectivity index (χ3v) is 16.5. The molecule has 4 aromatic carbocycles. The van der Waals surface area contributed by atoms with Crippen LogP contribution in [0.4, 0.5) is 14.5 Å². The van der Waals surface area contributed by atoms with Gasteiger partial charge in [-0.15, -0.1) is 0 Å². The van der Waals surface area contributed by atoms with Gasteiger partial charge in [-0.3, -0.25) is 48.3 Å². The fourth-order valence-electron chi connectivity index (χ4n) is 11.2. The molecule has 5 heterocycles. The summed E-state index contributed by atoms with van der Waals surface area (Å²) < 4.78 is 41.2. The van der Waals surface area contributed by atoms with Crippen molar-refractivity contribution >= 4 is 65.5 Å². The van der Waals surface area contributed by atoms with Crippen molar-refractivity contribution in [1.29, 1.82) is 0 Å². The van der Waals surface area contributed by atoms with Crippen LogP contribution in [0, 0.1) is 5.92 Å². The Morgan fingerprint density at radius 1 is 0.785 bits per heavy atom. The van der Waals surface area contributed by atoms with Gasteiger partial charge in [-0.1, -0.05) is 78.9 Å². The number of anilines is 1. The number of hydrogen-bond acceptors (Lipinski definition) is 11. The lowest BCUT2D eigenvalue weighted by molar-refractivity contribution is -0.144. The van der Waals surface area contributed by atoms with Gasteiger partial charge < -0.3 is 51.6 Å². The molecule has 5 atom stereocenters. The molecule has 7 amide bonds. The second-order valence-electron chi connectivity index (χ2n) is 21.0. The number of halogens is 2. The van der Waals surface area contributed by atoms with E-state index >= 15 is 4.79 Å². The van der Waals surface area contributed by atoms with Gasteiger partial charge in [-0.25, -0.2) is 0 Å². The van der Waals surface area contributed by atoms with Crippen LogP contribution in [0.2, 0.25) is 0 Å². The molecule has 0 bridgehead atoms. The number of likely N-dealkylation sites (tertiary alicyclic amines) is 1. The van der Waals surface area contributed by atoms with E-state index in [9.17, 15) is 51.9 Å². The molecule has 4 aliphatic rings. The zero-order valence-corrected chi connectivity index (χ0v) is 44.2. The Morgan fingerprint density at radius 3 is 2.10 bits per heavy atom. The molecule has 4 aliphatic heterocycles. The van der Waals surface area contributed by atoms with Crippen molar-refractivity contribution in [2.75, 3.05) is 38.0 Å². The van der Waals surface area contributed by atoms with E-state index in [-0.39, 0.29) is 66.6 Å². The number of amides is 7. The van der Waals surface area contributed by atoms with E-state index in [1.54, 1.807) is 0 Å². The average molecular weight is 1110 g/mol. The molecule has 20 nitrogen and oxygen atoms in total. The summed E-state index contributed by atoms with van der Waals surface area (Å²) in [6, 6.07) is 25.5. The number of H-pyrrole nitrogens is 1. The van der Waals surface area contributed by atoms with Gasteiger partial charge in [-0.2, -0.15) is 8.78 Å². The molecule has 5 aromatic rings. The number of aromatic amines is 1. The quantitative estimate of drug-likeness (QED) is 0.0412. The van der Waals surface area contributed by atoms with Crippen LogP contribution in [-0.2, 0) is 45.5 Å². The van der Waals surface area contributed by atoms with Crippen molar-refractivity contribution in [3.63, 3.8) is 0 Å². The fraction of sp³-hybridized carbons (Fsp3) is 0.411. The molecule has 4 fully saturated rings. The van der Waals surface area contributed by atoms with E-state index < -0.39 is 84.6 Å². The molecule has 10 N–H and O–H groups in total. The number of aromatic nitrogens is 1. The highest BCUT2D eigenvalue weighted by molar-refractivity contribution is 7.52. The van der Waals surface area contributed by atoms with Crippen molar-refractivity contribution in [3.8, 4) is 0 Å². The van der Waals surface area contributed by atoms with Crippen LogP contribution in [0.3, 0.4) is 0 Å². The minimum absolute atomic E-state index is 0.0600. The Hall–Kier alpha value is -7.36. The van der Waals surface area contributed by atoms with Crippen LogP contribution in [0.5, 0.6) is 0 Å². The second kappa shape index (κ2) is 24.3. The van der Waals surface area contributed by atoms with E-state index in [4.69, 9.17) is 5.73 Å². The fourth-order valence-corrected chi connectivity index (χ4v) is 11.7. The smallest absolute Gasteiger partial charge is 0.374 e. The van der Waals surface area contributed by atoms with Crippen molar-refractivity contribution in [1.82, 2.24) is 41.0 Å². The number of imide groups is 1. The van der Waals surface area contributed by atoms with E-state index in [0.29, 0.717) is 38.9 Å². The van der Waals surface area contributed by atoms with Gasteiger partial charge >= 0.3 is 13.3 Å². The molecule has 23 heteroatoms. The van der Waals surface area contributed by atoms with Crippen molar-refractivity contribution in [3.05, 3.63) is 137 Å². The van der Waals surface area contributed by atoms with E-state index in [1.807, 2.05) is 84.9 Å². The molecule has 0 saturated carbocycles. The molecule has 418 valence electrons. The first-order chi connectivity index (χ1) is 37.8. The van der Waals surface area contributed by atoms with Crippen molar-refractivity contribution in [2.45, 2.75) is 106 Å². The summed E-state index contributed by atoms with van der Waals surface area (Å²) in [4.78, 5) is 122. The van der Waals surface area contributed by atoms with Crippen LogP contribution in [0.15, 0.2) is 109 Å². The van der Waals surface area contributed by atoms with E-state index in [0.717, 1.165) is 60.4 Å². The number of nitrogens with one attached hydrogen (secondary N) is 6. The van der Waals surface area contributed by atoms with Crippen LogP contribution in [0.25, 0.3) is 10.9 Å². The molecule has 1 unspecified atom stereocenters. The second-order valence-corrected chi connectivity index (χ2v) is 22.7. The summed E-state index contributed by atoms with van der Waals surface area (Å²) >= 11 is 0. The van der Waals surface area contributed by atoms with Crippen LogP contribution < -0.4 is 32.3 Å². The number of carbonyl (C=O) groups excluding carboxylic acids is 7. The highest BCUT2D eigenvalue weighted by Gasteiger charge is 2.51. The number of nitrogens with zero attached hydrogens (tertiary/aromatic N) is 3. The molecule has 9 rings (SSSR count). The summed E-state index contributed by atoms with van der Waals surface area (Å²) in [6.45, 7) is 3.51. The molecular formula is C56H65F2N10O10P. The van der Waals surface area contributed by atoms with Crippen LogP contribution in [-0.4, -0.2) is 134 Å². The predicted octanol–water partition coefficient (Wildman–Crippen LogP) is 4.34. The number of piperidine rings is 2. The van der Waals surface area contributed by atoms with Crippen molar-refractivity contribution in [2.24, 2.45) is 11.7 Å². The van der Waals surface area contributed by atoms with E-state index in [1.165, 1.54) is 17.0 Å². The van der Waals surface area contributed by atoms with Gasteiger partial charge in [0.15, 0.2) is 0 Å². The summed E-state index contributed by atoms with van der Waals surface area (Å²) in [5.74, 6) is -3.55. The van der Waals surface area contributed by atoms with Gasteiger partial charge in [0.25, 0.3) is 5.91 Å². The lowest BCUT2D eigenvalue weighted by Gasteiger charge is -2.40. The van der Waals surface area contributed by atoms with Gasteiger partial charge in [-0.05, 0) is 111 Å². The molecule has 4 saturated heterocycles. The van der Waals surface area contributed by atoms with E-state index in [2.05, 4.69) is 41.4 Å². The Bertz CT molecular complexity index is 3060. The van der Waals surface area contributed by atoms with Gasteiger partial charge in [0, 0.05) is 67.2 Å². The Balaban J connectivity index is 0.901. The minimum Gasteiger partial charge on any atom is -0.374 e. The van der Waals surface area contributed by atoms with Gasteiger partial charge in [0.2, 0.25) is 35.4 Å². The van der Waals surface area contributed by atoms with Crippen LogP contribution in [0.1, 0.15) is 96.6 Å². The third-order valence-electron chi connectivity index (χ3n) is 15.5. The van der Waals surface area contributed by atoms with Crippen molar-refractivity contribution < 1.29 is 56.7 Å². The Kier molecular flexibility index (Phi) is 17.4. The number of hydrogen-bond donors (Lipinski definition) is 9. The lowest BCUT2D eigenvalue weighted by atomic mass is 9.95. The highest BCUT2D eigenvalue weighted by atomic mass is 31.2. The summed E-state index contributed by atoms with van der Waals surface area (Å²) in [6.07, 6.45) is 3.26. The number of primary amides is 1. The maximum Gasteiger partial charge on any atom is 0.399 e. The number of alkyl halides is 2. The lowest BCUT2D eigenvalue weighted by Crippen LogP contribution is -2.61. The summed E-state index contributed by atoms with van der Waals surface area (Å²) in [5, 5.41) is 14.4. The Morgan fingerprint density at radius 2 is 1.46 bits per heavy atom. The predicted molar refractivity (Wildman–Crippen MR) is 288 cm³/mol. The maximum atomic E-state index is 15.1. The zero-order chi connectivity index (χ0) is 56.0. The summed E-state index contributed by atoms with van der Waals surface area (Å²) in [5.41, 5.74) is 3.66. The average Bonchev–Trinajstić information content (AvgIpc) is 4.19. The molecule has 79 heavy (non-hydrogen) atoms. The summed E-state index contributed by atoms with van der Waals surface area (Å²) in [7, 11) is -5.90. The number of carbonyl (C=O) groups is 7. The monoisotopic (exact) mass is 1110 g/mol. The molecular weight excluding hydrogens is 1040 g/mol. The van der Waals surface area contributed by atoms with Gasteiger partial charge in [0.05, 0.1) is 6.04 Å². The number of nitrogens with two attached hydrogens (primary N) is 1. The van der Waals surface area contributed by atoms with Gasteiger partial charge in [0.1, 0.15) is 29.9 Å². The standard InChI is InChI=1S/C56H65F2N10O10P/c57-56(58,79(76,77)78)39-13-17-42-38(29-39)30-45(61-42)53(73)63-46-33-67(32-35-23-26-66(27-24-35)31-34-11-14-40(15-12-34)60-43-19-22-49(70)64-51(43)71)28-25-41-16-20-47(68(41)55(46)75)54(74)62-44(18-21-48(59)69)52(72)65-50(36-7-3-1-4-8-36)37-9-5-2-6-10-37/h1-15,17,29-30,35,41,43-44,46-47,50,60-61H,16,18-28,31-33H2,(H2,59,69)(H,62,74)(H,63,73)(H,65,72)(H,64,70,71)(H2,76,77,78)/t41-,43?,44+,46+,47+/m1/s1. The topological polar surface area (TPSA) is 289 Å². The zero-order valence-electron chi connectivity index (χ0n) is 43.3.